The van der Waals surface area contributed by atoms with Gasteiger partial charge in [-0.25, -0.2) is 13.4 Å². The Labute approximate surface area is 126 Å². The first-order chi connectivity index (χ1) is 8.79. The molecule has 0 unspecified atom stereocenters. The summed E-state index contributed by atoms with van der Waals surface area (Å²) >= 11 is 5.50. The van der Waals surface area contributed by atoms with E-state index in [0.717, 1.165) is 32.0 Å². The smallest absolute Gasteiger partial charge is 0.273 e. The highest BCUT2D eigenvalue weighted by molar-refractivity contribution is 9.11. The van der Waals surface area contributed by atoms with Crippen molar-refractivity contribution in [1.82, 2.24) is 4.98 Å². The average Bonchev–Trinajstić information content (AvgIpc) is 2.87. The minimum atomic E-state index is -3.65. The Balaban J connectivity index is 2.28. The largest absolute Gasteiger partial charge is 0.293 e. The van der Waals surface area contributed by atoms with Gasteiger partial charge in [-0.3, -0.25) is 9.52 Å². The van der Waals surface area contributed by atoms with E-state index >= 15 is 0 Å². The van der Waals surface area contributed by atoms with Gasteiger partial charge in [0, 0.05) is 12.3 Å². The van der Waals surface area contributed by atoms with E-state index in [4.69, 9.17) is 0 Å². The van der Waals surface area contributed by atoms with Gasteiger partial charge < -0.3 is 0 Å². The topological polar surface area (TPSA) is 76.1 Å². The van der Waals surface area contributed by atoms with Gasteiger partial charge in [0.1, 0.15) is 9.90 Å². The first-order valence-corrected chi connectivity index (χ1v) is 9.02. The zero-order chi connectivity index (χ0) is 14.2. The van der Waals surface area contributed by atoms with Gasteiger partial charge in [-0.15, -0.1) is 22.7 Å². The molecule has 1 N–H and O–H groups in total. The molecule has 0 bridgehead atoms. The van der Waals surface area contributed by atoms with Crippen molar-refractivity contribution in [2.75, 3.05) is 4.72 Å². The lowest BCUT2D eigenvalue weighted by Crippen LogP contribution is -2.11. The Kier molecular flexibility index (Phi) is 4.09. The lowest BCUT2D eigenvalue weighted by Gasteiger charge is -2.01. The standard InChI is InChI=1S/C10H9BrN2O3S3/c1-5-3-8(18-9(5)11)19(15,16)13-10-12-7(4-17-10)6(2)14/h3-4H,1-2H3,(H,12,13). The third-order valence-electron chi connectivity index (χ3n) is 2.19. The maximum atomic E-state index is 12.1. The SMILES string of the molecule is CC(=O)c1csc(NS(=O)(=O)c2cc(C)c(Br)s2)n1. The molecule has 5 nitrogen and oxygen atoms in total. The van der Waals surface area contributed by atoms with E-state index in [9.17, 15) is 13.2 Å². The van der Waals surface area contributed by atoms with E-state index < -0.39 is 10.0 Å². The predicted molar refractivity (Wildman–Crippen MR) is 79.7 cm³/mol. The molecule has 0 saturated carbocycles. The van der Waals surface area contributed by atoms with Crippen LogP contribution < -0.4 is 4.72 Å². The van der Waals surface area contributed by atoms with E-state index in [-0.39, 0.29) is 20.8 Å². The number of sulfonamides is 1. The third kappa shape index (κ3) is 3.22. The number of ketones is 1. The number of thiazole rings is 1. The maximum Gasteiger partial charge on any atom is 0.273 e. The molecule has 0 fully saturated rings. The number of aromatic nitrogens is 1. The zero-order valence-corrected chi connectivity index (χ0v) is 14.0. The Morgan fingerprint density at radius 2 is 2.16 bits per heavy atom. The summed E-state index contributed by atoms with van der Waals surface area (Å²) in [6.45, 7) is 3.20. The molecule has 0 aliphatic rings. The third-order valence-corrected chi connectivity index (χ3v) is 7.02. The molecule has 0 aromatic carbocycles. The number of hydrogen-bond donors (Lipinski definition) is 1. The van der Waals surface area contributed by atoms with Crippen LogP contribution in [0.5, 0.6) is 0 Å². The minimum Gasteiger partial charge on any atom is -0.293 e. The molecule has 0 spiro atoms. The summed E-state index contributed by atoms with van der Waals surface area (Å²) in [7, 11) is -3.65. The van der Waals surface area contributed by atoms with Crippen LogP contribution in [0.3, 0.4) is 0 Å². The Hall–Kier alpha value is -0.770. The quantitative estimate of drug-likeness (QED) is 0.825. The van der Waals surface area contributed by atoms with E-state index in [1.54, 1.807) is 6.07 Å². The molecule has 2 aromatic rings. The number of halogens is 1. The van der Waals surface area contributed by atoms with E-state index in [1.165, 1.54) is 12.3 Å². The van der Waals surface area contributed by atoms with Crippen LogP contribution in [0.2, 0.25) is 0 Å². The van der Waals surface area contributed by atoms with Gasteiger partial charge in [-0.05, 0) is 34.5 Å². The van der Waals surface area contributed by atoms with Gasteiger partial charge in [0.25, 0.3) is 10.0 Å². The summed E-state index contributed by atoms with van der Waals surface area (Å²) in [5.74, 6) is -0.198. The van der Waals surface area contributed by atoms with Gasteiger partial charge in [-0.2, -0.15) is 0 Å². The second-order valence-corrected chi connectivity index (χ2v) is 8.86. The van der Waals surface area contributed by atoms with Crippen LogP contribution in [0.1, 0.15) is 23.0 Å². The molecule has 2 rings (SSSR count). The Morgan fingerprint density at radius 3 is 2.63 bits per heavy atom. The van der Waals surface area contributed by atoms with Crippen molar-refractivity contribution >= 4 is 59.5 Å². The van der Waals surface area contributed by atoms with Gasteiger partial charge in [-0.1, -0.05) is 0 Å². The van der Waals surface area contributed by atoms with Crippen molar-refractivity contribution in [1.29, 1.82) is 0 Å². The van der Waals surface area contributed by atoms with Crippen molar-refractivity contribution in [3.63, 3.8) is 0 Å². The lowest BCUT2D eigenvalue weighted by molar-refractivity contribution is 0.101. The molecule has 102 valence electrons. The van der Waals surface area contributed by atoms with Crippen LogP contribution in [0.25, 0.3) is 0 Å². The lowest BCUT2D eigenvalue weighted by atomic mass is 10.4. The number of aryl methyl sites for hydroxylation is 1. The van der Waals surface area contributed by atoms with Crippen LogP contribution in [-0.4, -0.2) is 19.2 Å². The number of thiophene rings is 1. The molecule has 19 heavy (non-hydrogen) atoms. The summed E-state index contributed by atoms with van der Waals surface area (Å²) in [6.07, 6.45) is 0. The minimum absolute atomic E-state index is 0.187. The summed E-state index contributed by atoms with van der Waals surface area (Å²) in [5, 5.41) is 1.71. The molecule has 0 radical (unpaired) electrons. The second-order valence-electron chi connectivity index (χ2n) is 3.72. The number of anilines is 1. The molecule has 0 amide bonds. The molecule has 0 saturated heterocycles. The van der Waals surface area contributed by atoms with E-state index in [2.05, 4.69) is 25.6 Å². The van der Waals surface area contributed by atoms with Crippen molar-refractivity contribution in [3.8, 4) is 0 Å². The molecule has 0 aliphatic heterocycles. The highest BCUT2D eigenvalue weighted by Gasteiger charge is 2.20. The number of hydrogen-bond acceptors (Lipinski definition) is 6. The van der Waals surface area contributed by atoms with Crippen molar-refractivity contribution in [2.45, 2.75) is 18.1 Å². The highest BCUT2D eigenvalue weighted by Crippen LogP contribution is 2.32. The van der Waals surface area contributed by atoms with Gasteiger partial charge in [0.15, 0.2) is 10.9 Å². The van der Waals surface area contributed by atoms with E-state index in [1.807, 2.05) is 6.92 Å². The monoisotopic (exact) mass is 380 g/mol. The molecular formula is C10H9BrN2O3S3. The van der Waals surface area contributed by atoms with Crippen molar-refractivity contribution in [3.05, 3.63) is 26.5 Å². The normalized spacial score (nSPS) is 11.5. The summed E-state index contributed by atoms with van der Waals surface area (Å²) in [4.78, 5) is 15.0. The van der Waals surface area contributed by atoms with Gasteiger partial charge in [0.2, 0.25) is 0 Å². The predicted octanol–water partition coefficient (Wildman–Crippen LogP) is 3.28. The molecular weight excluding hydrogens is 372 g/mol. The Bertz CT molecular complexity index is 714. The van der Waals surface area contributed by atoms with Crippen LogP contribution in [0.4, 0.5) is 5.13 Å². The number of Topliss-reactive ketones (excluding diaryl/α,β-unsaturated/α-hetero) is 1. The first kappa shape index (κ1) is 14.6. The van der Waals surface area contributed by atoms with Gasteiger partial charge >= 0.3 is 0 Å². The number of carbonyl (C=O) groups is 1. The molecule has 2 aromatic heterocycles. The fourth-order valence-electron chi connectivity index (χ4n) is 1.21. The van der Waals surface area contributed by atoms with Gasteiger partial charge in [0.05, 0.1) is 3.79 Å². The number of rotatable bonds is 4. The van der Waals surface area contributed by atoms with Crippen LogP contribution in [0, 0.1) is 6.92 Å². The number of nitrogens with one attached hydrogen (secondary N) is 1. The van der Waals surface area contributed by atoms with Crippen LogP contribution >= 0.6 is 38.6 Å². The molecule has 9 heteroatoms. The molecule has 2 heterocycles. The number of carbonyl (C=O) groups excluding carboxylic acids is 1. The van der Waals surface area contributed by atoms with Crippen LogP contribution in [0.15, 0.2) is 19.4 Å². The maximum absolute atomic E-state index is 12.1. The molecule has 0 aliphatic carbocycles. The van der Waals surface area contributed by atoms with E-state index in [0.29, 0.717) is 0 Å². The molecule has 0 atom stereocenters. The highest BCUT2D eigenvalue weighted by atomic mass is 79.9. The zero-order valence-electron chi connectivity index (χ0n) is 9.93. The fourth-order valence-corrected chi connectivity index (χ4v) is 5.44. The fraction of sp³-hybridized carbons (Fsp3) is 0.200. The van der Waals surface area contributed by atoms with Crippen molar-refractivity contribution < 1.29 is 13.2 Å². The van der Waals surface area contributed by atoms with Crippen molar-refractivity contribution in [2.24, 2.45) is 0 Å². The summed E-state index contributed by atoms with van der Waals surface area (Å²) in [5.41, 5.74) is 1.11. The number of nitrogens with zero attached hydrogens (tertiary/aromatic N) is 1. The summed E-state index contributed by atoms with van der Waals surface area (Å²) in [6, 6.07) is 1.58. The first-order valence-electron chi connectivity index (χ1n) is 5.05. The second kappa shape index (κ2) is 5.31. The average molecular weight is 381 g/mol. The summed E-state index contributed by atoms with van der Waals surface area (Å²) < 4.78 is 27.6. The van der Waals surface area contributed by atoms with Crippen LogP contribution in [-0.2, 0) is 10.0 Å². The Morgan fingerprint density at radius 1 is 1.47 bits per heavy atom.